The molecule has 1 saturated carbocycles. The Labute approximate surface area is 224 Å². The molecule has 3 N–H and O–H groups in total. The van der Waals surface area contributed by atoms with E-state index in [0.717, 1.165) is 24.0 Å². The van der Waals surface area contributed by atoms with Crippen molar-refractivity contribution in [2.45, 2.75) is 70.0 Å². The third-order valence-corrected chi connectivity index (χ3v) is 7.95. The summed E-state index contributed by atoms with van der Waals surface area (Å²) >= 11 is 0. The summed E-state index contributed by atoms with van der Waals surface area (Å²) in [4.78, 5) is 40.4. The Bertz CT molecular complexity index is 1140. The van der Waals surface area contributed by atoms with Crippen molar-refractivity contribution in [1.82, 2.24) is 15.5 Å². The molecule has 2 aromatic carbocycles. The van der Waals surface area contributed by atoms with Crippen LogP contribution in [0.1, 0.15) is 61.6 Å². The maximum atomic E-state index is 13.8. The monoisotopic (exact) mass is 516 g/mol. The Morgan fingerprint density at radius 1 is 0.974 bits per heavy atom. The van der Waals surface area contributed by atoms with Gasteiger partial charge in [0.2, 0.25) is 11.8 Å². The first-order valence-electron chi connectivity index (χ1n) is 13.5. The fraction of sp³-hybridized carbons (Fsp3) is 0.467. The number of amides is 3. The van der Waals surface area contributed by atoms with Crippen LogP contribution in [0.2, 0.25) is 0 Å². The first-order valence-corrected chi connectivity index (χ1v) is 13.5. The van der Waals surface area contributed by atoms with Crippen LogP contribution in [0, 0.1) is 23.2 Å². The van der Waals surface area contributed by atoms with Crippen LogP contribution in [-0.4, -0.2) is 46.5 Å². The van der Waals surface area contributed by atoms with Crippen LogP contribution in [-0.2, 0) is 22.6 Å². The van der Waals surface area contributed by atoms with Crippen LogP contribution >= 0.6 is 0 Å². The lowest BCUT2D eigenvalue weighted by molar-refractivity contribution is -0.140. The average molecular weight is 517 g/mol. The summed E-state index contributed by atoms with van der Waals surface area (Å²) in [5.74, 6) is 0.147. The molecule has 4 rings (SSSR count). The lowest BCUT2D eigenvalue weighted by Crippen LogP contribution is -2.53. The van der Waals surface area contributed by atoms with Gasteiger partial charge in [-0.15, -0.1) is 0 Å². The van der Waals surface area contributed by atoms with Crippen molar-refractivity contribution >= 4 is 17.9 Å². The van der Waals surface area contributed by atoms with Gasteiger partial charge in [-0.1, -0.05) is 74.6 Å². The minimum absolute atomic E-state index is 0.224. The van der Waals surface area contributed by atoms with Crippen LogP contribution in [0.5, 0.6) is 0 Å². The van der Waals surface area contributed by atoms with Crippen molar-refractivity contribution in [2.75, 3.05) is 6.54 Å². The molecule has 2 fully saturated rings. The lowest BCUT2D eigenvalue weighted by Gasteiger charge is -2.29. The first-order chi connectivity index (χ1) is 18.4. The quantitative estimate of drug-likeness (QED) is 0.460. The van der Waals surface area contributed by atoms with E-state index >= 15 is 0 Å². The van der Waals surface area contributed by atoms with E-state index in [-0.39, 0.29) is 17.7 Å². The number of nitriles is 1. The van der Waals surface area contributed by atoms with Crippen LogP contribution in [0.15, 0.2) is 54.6 Å². The van der Waals surface area contributed by atoms with Gasteiger partial charge >= 0.3 is 6.09 Å². The normalized spacial score (nSPS) is 20.3. The summed E-state index contributed by atoms with van der Waals surface area (Å²) in [7, 11) is 0. The molecule has 3 atom stereocenters. The summed E-state index contributed by atoms with van der Waals surface area (Å²) in [6.45, 7) is 0.767. The number of hydrogen-bond acceptors (Lipinski definition) is 4. The van der Waals surface area contributed by atoms with E-state index in [1.54, 1.807) is 29.2 Å². The number of hydrogen-bond donors (Lipinski definition) is 3. The molecule has 0 radical (unpaired) electrons. The van der Waals surface area contributed by atoms with Crippen molar-refractivity contribution in [1.29, 1.82) is 5.26 Å². The first kappa shape index (κ1) is 27.2. The van der Waals surface area contributed by atoms with Gasteiger partial charge in [0.05, 0.1) is 11.6 Å². The number of carboxylic acid groups (broad SMARTS) is 1. The standard InChI is InChI=1S/C30H36N4O4/c31-18-22-11-13-23(14-12-22)19-32-28(35)27-17-25(24-9-5-2-6-10-24)20-34(27)29(36)26(33-30(37)38)16-15-21-7-3-1-4-8-21/h1,3-4,7-8,11-14,24-27,33H,2,5-6,9-10,15-17,19-20H2,(H,32,35)(H,37,38)/t25-,26+,27-/m0/s1. The van der Waals surface area contributed by atoms with E-state index in [0.29, 0.717) is 43.8 Å². The molecule has 1 aliphatic heterocycles. The number of aryl methyl sites for hydroxylation is 1. The summed E-state index contributed by atoms with van der Waals surface area (Å²) < 4.78 is 0. The van der Waals surface area contributed by atoms with E-state index in [4.69, 9.17) is 5.26 Å². The highest BCUT2D eigenvalue weighted by Crippen LogP contribution is 2.38. The third kappa shape index (κ3) is 7.12. The molecule has 8 heteroatoms. The van der Waals surface area contributed by atoms with Gasteiger partial charge in [0.25, 0.3) is 0 Å². The smallest absolute Gasteiger partial charge is 0.405 e. The van der Waals surface area contributed by atoms with Gasteiger partial charge in [0.15, 0.2) is 0 Å². The predicted octanol–water partition coefficient (Wildman–Crippen LogP) is 4.24. The van der Waals surface area contributed by atoms with E-state index < -0.39 is 18.2 Å². The molecule has 0 spiro atoms. The van der Waals surface area contributed by atoms with Gasteiger partial charge in [0, 0.05) is 13.1 Å². The fourth-order valence-corrected chi connectivity index (χ4v) is 5.87. The molecule has 1 heterocycles. The molecule has 3 amide bonds. The molecule has 0 aromatic heterocycles. The molecular formula is C30H36N4O4. The molecular weight excluding hydrogens is 480 g/mol. The highest BCUT2D eigenvalue weighted by atomic mass is 16.4. The topological polar surface area (TPSA) is 123 Å². The SMILES string of the molecule is N#Cc1ccc(CNC(=O)[C@@H]2C[C@H](C3CCCCC3)CN2C(=O)[C@@H](CCc2ccccc2)NC(=O)O)cc1. The highest BCUT2D eigenvalue weighted by molar-refractivity contribution is 5.91. The Morgan fingerprint density at radius 3 is 2.34 bits per heavy atom. The highest BCUT2D eigenvalue weighted by Gasteiger charge is 2.44. The fourth-order valence-electron chi connectivity index (χ4n) is 5.87. The molecule has 200 valence electrons. The number of rotatable bonds is 9. The second-order valence-corrected chi connectivity index (χ2v) is 10.5. The molecule has 2 aliphatic rings. The van der Waals surface area contributed by atoms with E-state index in [9.17, 15) is 19.5 Å². The lowest BCUT2D eigenvalue weighted by atomic mass is 9.79. The Hall–Kier alpha value is -3.86. The molecule has 8 nitrogen and oxygen atoms in total. The Balaban J connectivity index is 1.48. The number of nitrogens with one attached hydrogen (secondary N) is 2. The van der Waals surface area contributed by atoms with Crippen LogP contribution in [0.4, 0.5) is 4.79 Å². The maximum absolute atomic E-state index is 13.8. The molecule has 0 bridgehead atoms. The summed E-state index contributed by atoms with van der Waals surface area (Å²) in [6.07, 6.45) is 6.00. The van der Waals surface area contributed by atoms with Crippen molar-refractivity contribution in [2.24, 2.45) is 11.8 Å². The number of nitrogens with zero attached hydrogens (tertiary/aromatic N) is 2. The van der Waals surface area contributed by atoms with Crippen molar-refractivity contribution in [3.8, 4) is 6.07 Å². The van der Waals surface area contributed by atoms with Gasteiger partial charge in [-0.3, -0.25) is 9.59 Å². The van der Waals surface area contributed by atoms with Crippen LogP contribution < -0.4 is 10.6 Å². The van der Waals surface area contributed by atoms with Gasteiger partial charge < -0.3 is 20.6 Å². The Morgan fingerprint density at radius 2 is 1.68 bits per heavy atom. The summed E-state index contributed by atoms with van der Waals surface area (Å²) in [6, 6.07) is 17.2. The van der Waals surface area contributed by atoms with Gasteiger partial charge in [-0.2, -0.15) is 5.26 Å². The molecule has 38 heavy (non-hydrogen) atoms. The second kappa shape index (κ2) is 13.1. The van der Waals surface area contributed by atoms with Crippen molar-refractivity contribution < 1.29 is 19.5 Å². The van der Waals surface area contributed by atoms with E-state index in [1.165, 1.54) is 19.3 Å². The van der Waals surface area contributed by atoms with Gasteiger partial charge in [-0.25, -0.2) is 4.79 Å². The molecule has 2 aromatic rings. The zero-order valence-electron chi connectivity index (χ0n) is 21.6. The Kier molecular flexibility index (Phi) is 9.36. The largest absolute Gasteiger partial charge is 0.465 e. The number of likely N-dealkylation sites (tertiary alicyclic amines) is 1. The maximum Gasteiger partial charge on any atom is 0.405 e. The van der Waals surface area contributed by atoms with Crippen molar-refractivity contribution in [3.05, 3.63) is 71.3 Å². The second-order valence-electron chi connectivity index (χ2n) is 10.5. The third-order valence-electron chi connectivity index (χ3n) is 7.95. The number of carbonyl (C=O) groups excluding carboxylic acids is 2. The molecule has 1 saturated heterocycles. The zero-order chi connectivity index (χ0) is 26.9. The molecule has 1 aliphatic carbocycles. The average Bonchev–Trinajstić information content (AvgIpc) is 3.40. The minimum atomic E-state index is -1.25. The van der Waals surface area contributed by atoms with Crippen molar-refractivity contribution in [3.63, 3.8) is 0 Å². The molecule has 0 unspecified atom stereocenters. The van der Waals surface area contributed by atoms with Gasteiger partial charge in [0.1, 0.15) is 12.1 Å². The van der Waals surface area contributed by atoms with E-state index in [2.05, 4.69) is 16.7 Å². The number of carbonyl (C=O) groups is 3. The zero-order valence-corrected chi connectivity index (χ0v) is 21.6. The van der Waals surface area contributed by atoms with Crippen LogP contribution in [0.25, 0.3) is 0 Å². The number of benzene rings is 2. The van der Waals surface area contributed by atoms with E-state index in [1.807, 2.05) is 30.3 Å². The predicted molar refractivity (Wildman–Crippen MR) is 143 cm³/mol. The van der Waals surface area contributed by atoms with Crippen LogP contribution in [0.3, 0.4) is 0 Å². The van der Waals surface area contributed by atoms with Gasteiger partial charge in [-0.05, 0) is 54.4 Å². The summed E-state index contributed by atoms with van der Waals surface area (Å²) in [5, 5.41) is 23.9. The summed E-state index contributed by atoms with van der Waals surface area (Å²) in [5.41, 5.74) is 2.44. The minimum Gasteiger partial charge on any atom is -0.465 e.